The maximum Gasteiger partial charge on any atom is 0.143 e. The van der Waals surface area contributed by atoms with Gasteiger partial charge in [0.1, 0.15) is 22.3 Å². The molecule has 0 bridgehead atoms. The summed E-state index contributed by atoms with van der Waals surface area (Å²) in [5.41, 5.74) is 14.4. The zero-order valence-electron chi connectivity index (χ0n) is 31.5. The Morgan fingerprint density at radius 3 is 1.26 bits per heavy atom. The third-order valence-electron chi connectivity index (χ3n) is 11.1. The molecule has 0 spiro atoms. The Labute approximate surface area is 336 Å². The standard InChI is InChI=1S/C54H36N2O2/c1-3-12-40(13-4-1)55(41-14-5-2-6-15-41)44-31-33-45(34-32-44)56(42-27-22-37(23-28-42)39-26-35-49-47-16-7-9-20-51(47)57-53(49)36-39)43-29-24-38(25-30-43)46-18-11-19-50-48-17-8-10-21-52(48)58-54(46)50/h1-36H. The SMILES string of the molecule is c1ccc(N(c2ccccc2)c2ccc(N(c3ccc(-c4ccc5c(c4)oc4ccccc45)cc3)c3ccc(-c4cccc5c4oc4ccccc45)cc3)cc2)cc1. The second kappa shape index (κ2) is 14.0. The van der Waals surface area contributed by atoms with Crippen molar-refractivity contribution < 1.29 is 8.83 Å². The normalized spacial score (nSPS) is 11.4. The zero-order valence-corrected chi connectivity index (χ0v) is 31.5. The van der Waals surface area contributed by atoms with Crippen LogP contribution in [0.15, 0.2) is 227 Å². The number of hydrogen-bond acceptors (Lipinski definition) is 4. The summed E-state index contributed by atoms with van der Waals surface area (Å²) in [6.07, 6.45) is 0. The fraction of sp³-hybridized carbons (Fsp3) is 0. The minimum absolute atomic E-state index is 0.892. The molecule has 4 heteroatoms. The van der Waals surface area contributed by atoms with Crippen molar-refractivity contribution in [3.63, 3.8) is 0 Å². The van der Waals surface area contributed by atoms with Crippen molar-refractivity contribution in [3.05, 3.63) is 218 Å². The lowest BCUT2D eigenvalue weighted by Gasteiger charge is -2.28. The lowest BCUT2D eigenvalue weighted by molar-refractivity contribution is 0.669. The largest absolute Gasteiger partial charge is 0.456 e. The van der Waals surface area contributed by atoms with E-state index in [9.17, 15) is 0 Å². The topological polar surface area (TPSA) is 32.8 Å². The van der Waals surface area contributed by atoms with Gasteiger partial charge in [0.25, 0.3) is 0 Å². The Kier molecular flexibility index (Phi) is 8.11. The van der Waals surface area contributed by atoms with E-state index in [2.05, 4.69) is 204 Å². The lowest BCUT2D eigenvalue weighted by atomic mass is 10.0. The summed E-state index contributed by atoms with van der Waals surface area (Å²) in [7, 11) is 0. The van der Waals surface area contributed by atoms with Crippen LogP contribution >= 0.6 is 0 Å². The van der Waals surface area contributed by atoms with Crippen LogP contribution < -0.4 is 9.80 Å². The predicted molar refractivity (Wildman–Crippen MR) is 241 cm³/mol. The third-order valence-corrected chi connectivity index (χ3v) is 11.1. The molecule has 0 N–H and O–H groups in total. The molecule has 4 nitrogen and oxygen atoms in total. The highest BCUT2D eigenvalue weighted by atomic mass is 16.3. The number of nitrogens with zero attached hydrogens (tertiary/aromatic N) is 2. The highest BCUT2D eigenvalue weighted by Gasteiger charge is 2.18. The average molecular weight is 745 g/mol. The highest BCUT2D eigenvalue weighted by molar-refractivity contribution is 6.09. The van der Waals surface area contributed by atoms with Gasteiger partial charge in [0, 0.05) is 61.2 Å². The van der Waals surface area contributed by atoms with Crippen LogP contribution in [0.1, 0.15) is 0 Å². The first-order valence-corrected chi connectivity index (χ1v) is 19.6. The van der Waals surface area contributed by atoms with Gasteiger partial charge in [-0.3, -0.25) is 0 Å². The predicted octanol–water partition coefficient (Wildman–Crippen LogP) is 15.8. The Hall–Kier alpha value is -7.82. The summed E-state index contributed by atoms with van der Waals surface area (Å²) in [6, 6.07) is 76.8. The van der Waals surface area contributed by atoms with Gasteiger partial charge < -0.3 is 18.6 Å². The van der Waals surface area contributed by atoms with Gasteiger partial charge in [-0.1, -0.05) is 121 Å². The van der Waals surface area contributed by atoms with E-state index >= 15 is 0 Å². The summed E-state index contributed by atoms with van der Waals surface area (Å²) in [5, 5.41) is 4.52. The molecule has 58 heavy (non-hydrogen) atoms. The molecular formula is C54H36N2O2. The van der Waals surface area contributed by atoms with Crippen molar-refractivity contribution in [1.29, 1.82) is 0 Å². The smallest absolute Gasteiger partial charge is 0.143 e. The first-order chi connectivity index (χ1) is 28.7. The van der Waals surface area contributed by atoms with Crippen LogP contribution in [0.3, 0.4) is 0 Å². The van der Waals surface area contributed by atoms with E-state index in [0.29, 0.717) is 0 Å². The first-order valence-electron chi connectivity index (χ1n) is 19.6. The average Bonchev–Trinajstić information content (AvgIpc) is 3.87. The van der Waals surface area contributed by atoms with Gasteiger partial charge in [0.15, 0.2) is 0 Å². The molecule has 0 aliphatic rings. The van der Waals surface area contributed by atoms with E-state index in [1.807, 2.05) is 24.3 Å². The van der Waals surface area contributed by atoms with Crippen LogP contribution in [-0.2, 0) is 0 Å². The summed E-state index contributed by atoms with van der Waals surface area (Å²) >= 11 is 0. The second-order valence-electron chi connectivity index (χ2n) is 14.5. The van der Waals surface area contributed by atoms with Crippen molar-refractivity contribution in [2.75, 3.05) is 9.80 Å². The molecule has 0 fully saturated rings. The summed E-state index contributed by atoms with van der Waals surface area (Å²) < 4.78 is 12.7. The van der Waals surface area contributed by atoms with E-state index in [1.54, 1.807) is 0 Å². The van der Waals surface area contributed by atoms with Crippen LogP contribution in [0.2, 0.25) is 0 Å². The Morgan fingerprint density at radius 2 is 0.672 bits per heavy atom. The van der Waals surface area contributed by atoms with Crippen molar-refractivity contribution in [2.45, 2.75) is 0 Å². The molecule has 11 rings (SSSR count). The quantitative estimate of drug-likeness (QED) is 0.155. The number of benzene rings is 9. The Balaban J connectivity index is 0.987. The summed E-state index contributed by atoms with van der Waals surface area (Å²) in [6.45, 7) is 0. The minimum Gasteiger partial charge on any atom is -0.456 e. The molecule has 2 heterocycles. The molecule has 9 aromatic carbocycles. The monoisotopic (exact) mass is 744 g/mol. The van der Waals surface area contributed by atoms with Crippen LogP contribution in [-0.4, -0.2) is 0 Å². The van der Waals surface area contributed by atoms with Crippen molar-refractivity contribution in [1.82, 2.24) is 0 Å². The van der Waals surface area contributed by atoms with Gasteiger partial charge in [0.2, 0.25) is 0 Å². The lowest BCUT2D eigenvalue weighted by Crippen LogP contribution is -2.12. The molecule has 0 aliphatic heterocycles. The fourth-order valence-electron chi connectivity index (χ4n) is 8.27. The van der Waals surface area contributed by atoms with Crippen LogP contribution in [0, 0.1) is 0 Å². The number of furan rings is 2. The molecule has 274 valence electrons. The summed E-state index contributed by atoms with van der Waals surface area (Å²) in [4.78, 5) is 4.60. The molecule has 11 aromatic rings. The summed E-state index contributed by atoms with van der Waals surface area (Å²) in [5.74, 6) is 0. The molecule has 2 aromatic heterocycles. The Morgan fingerprint density at radius 1 is 0.259 bits per heavy atom. The molecule has 0 unspecified atom stereocenters. The first kappa shape index (κ1) is 33.5. The molecule has 0 atom stereocenters. The fourth-order valence-corrected chi connectivity index (χ4v) is 8.27. The van der Waals surface area contributed by atoms with Crippen molar-refractivity contribution in [2.24, 2.45) is 0 Å². The van der Waals surface area contributed by atoms with Gasteiger partial charge in [-0.15, -0.1) is 0 Å². The van der Waals surface area contributed by atoms with Crippen LogP contribution in [0.4, 0.5) is 34.1 Å². The molecule has 0 aliphatic carbocycles. The molecule has 0 radical (unpaired) electrons. The second-order valence-corrected chi connectivity index (χ2v) is 14.5. The molecule has 0 saturated heterocycles. The number of hydrogen-bond donors (Lipinski definition) is 0. The van der Waals surface area contributed by atoms with E-state index in [1.165, 1.54) is 0 Å². The van der Waals surface area contributed by atoms with Gasteiger partial charge in [-0.2, -0.15) is 0 Å². The highest BCUT2D eigenvalue weighted by Crippen LogP contribution is 2.42. The maximum absolute atomic E-state index is 6.41. The van der Waals surface area contributed by atoms with Crippen molar-refractivity contribution in [3.8, 4) is 22.3 Å². The van der Waals surface area contributed by atoms with Gasteiger partial charge >= 0.3 is 0 Å². The van der Waals surface area contributed by atoms with E-state index < -0.39 is 0 Å². The molecule has 0 saturated carbocycles. The molecular weight excluding hydrogens is 709 g/mol. The van der Waals surface area contributed by atoms with Crippen LogP contribution in [0.5, 0.6) is 0 Å². The Bertz CT molecular complexity index is 3160. The zero-order chi connectivity index (χ0) is 38.4. The van der Waals surface area contributed by atoms with E-state index in [0.717, 1.165) is 100 Å². The number of fused-ring (bicyclic) bond motifs is 6. The van der Waals surface area contributed by atoms with E-state index in [4.69, 9.17) is 8.83 Å². The number of rotatable bonds is 8. The number of anilines is 6. The maximum atomic E-state index is 6.41. The van der Waals surface area contributed by atoms with Gasteiger partial charge in [-0.25, -0.2) is 0 Å². The van der Waals surface area contributed by atoms with Crippen molar-refractivity contribution >= 4 is 78.0 Å². The van der Waals surface area contributed by atoms with E-state index in [-0.39, 0.29) is 0 Å². The number of para-hydroxylation sites is 5. The molecule has 0 amide bonds. The van der Waals surface area contributed by atoms with Gasteiger partial charge in [0.05, 0.1) is 0 Å². The minimum atomic E-state index is 0.892. The van der Waals surface area contributed by atoms with Gasteiger partial charge in [-0.05, 0) is 114 Å². The van der Waals surface area contributed by atoms with Crippen LogP contribution in [0.25, 0.3) is 66.1 Å². The third kappa shape index (κ3) is 5.87.